The van der Waals surface area contributed by atoms with Crippen LogP contribution in [0.15, 0.2) is 0 Å². The number of aliphatic carboxylic acids is 1. The van der Waals surface area contributed by atoms with E-state index in [2.05, 4.69) is 11.0 Å². The van der Waals surface area contributed by atoms with Crippen LogP contribution in [0.2, 0.25) is 0 Å². The summed E-state index contributed by atoms with van der Waals surface area (Å²) in [4.78, 5) is 13.6. The molecule has 1 aliphatic carbocycles. The second-order valence-corrected chi connectivity index (χ2v) is 5.99. The highest BCUT2D eigenvalue weighted by Crippen LogP contribution is 2.52. The highest BCUT2D eigenvalue weighted by atomic mass is 16.4. The fraction of sp³-hybridized carbons (Fsp3) is 0.846. The third-order valence-corrected chi connectivity index (χ3v) is 4.93. The van der Waals surface area contributed by atoms with E-state index in [9.17, 15) is 9.90 Å². The van der Waals surface area contributed by atoms with Crippen molar-refractivity contribution in [1.29, 1.82) is 5.26 Å². The van der Waals surface area contributed by atoms with Gasteiger partial charge in [0.2, 0.25) is 0 Å². The monoisotopic (exact) mass is 234 g/mol. The number of rotatable bonds is 4. The summed E-state index contributed by atoms with van der Waals surface area (Å²) in [5.41, 5.74) is 0.211. The van der Waals surface area contributed by atoms with E-state index >= 15 is 0 Å². The smallest absolute Gasteiger partial charge is 0.308 e. The Kier molecular flexibility index (Phi) is 2.41. The van der Waals surface area contributed by atoms with E-state index in [1.807, 2.05) is 0 Å². The van der Waals surface area contributed by atoms with Gasteiger partial charge in [0.15, 0.2) is 0 Å². The minimum absolute atomic E-state index is 0.161. The normalized spacial score (nSPS) is 37.9. The topological polar surface area (TPSA) is 64.3 Å². The van der Waals surface area contributed by atoms with Gasteiger partial charge in [-0.2, -0.15) is 5.26 Å². The van der Waals surface area contributed by atoms with Gasteiger partial charge in [-0.1, -0.05) is 0 Å². The summed E-state index contributed by atoms with van der Waals surface area (Å²) >= 11 is 0. The van der Waals surface area contributed by atoms with Gasteiger partial charge in [0.05, 0.1) is 12.0 Å². The molecular formula is C13H18N2O2. The molecular weight excluding hydrogens is 216 g/mol. The molecule has 2 bridgehead atoms. The van der Waals surface area contributed by atoms with Gasteiger partial charge in [-0.25, -0.2) is 0 Å². The first-order chi connectivity index (χ1) is 8.15. The lowest BCUT2D eigenvalue weighted by atomic mass is 9.89. The molecule has 1 saturated carbocycles. The van der Waals surface area contributed by atoms with Crippen molar-refractivity contribution < 1.29 is 9.90 Å². The maximum absolute atomic E-state index is 11.2. The summed E-state index contributed by atoms with van der Waals surface area (Å²) in [5, 5.41) is 18.0. The average molecular weight is 234 g/mol. The molecule has 0 amide bonds. The maximum Gasteiger partial charge on any atom is 0.308 e. The first-order valence-electron chi connectivity index (χ1n) is 6.51. The zero-order valence-electron chi connectivity index (χ0n) is 9.93. The van der Waals surface area contributed by atoms with Crippen LogP contribution >= 0.6 is 0 Å². The third-order valence-electron chi connectivity index (χ3n) is 4.93. The number of hydrogen-bond donors (Lipinski definition) is 1. The summed E-state index contributed by atoms with van der Waals surface area (Å²) in [6.07, 6.45) is 5.94. The zero-order chi connectivity index (χ0) is 12.0. The summed E-state index contributed by atoms with van der Waals surface area (Å²) in [5.74, 6) is -0.793. The molecule has 4 heteroatoms. The quantitative estimate of drug-likeness (QED) is 0.802. The van der Waals surface area contributed by atoms with Crippen molar-refractivity contribution in [3.63, 3.8) is 0 Å². The van der Waals surface area contributed by atoms with Crippen molar-refractivity contribution in [2.24, 2.45) is 11.3 Å². The lowest BCUT2D eigenvalue weighted by molar-refractivity contribution is -0.142. The molecule has 0 aromatic rings. The van der Waals surface area contributed by atoms with Crippen LogP contribution in [0.4, 0.5) is 0 Å². The Balaban J connectivity index is 1.69. The summed E-state index contributed by atoms with van der Waals surface area (Å²) in [7, 11) is 0. The number of carbonyl (C=O) groups is 1. The first-order valence-corrected chi connectivity index (χ1v) is 6.51. The maximum atomic E-state index is 11.2. The molecule has 3 rings (SSSR count). The standard InChI is InChI=1S/C13H18N2O2/c14-6-5-13(3-4-13)8-15-9-1-2-11(15)10(7-9)12(16)17/h9-11H,1-5,7-8H2,(H,16,17). The lowest BCUT2D eigenvalue weighted by Gasteiger charge is -2.26. The predicted molar refractivity (Wildman–Crippen MR) is 61.2 cm³/mol. The van der Waals surface area contributed by atoms with Crippen molar-refractivity contribution >= 4 is 5.97 Å². The summed E-state index contributed by atoms with van der Waals surface area (Å²) in [6.45, 7) is 0.958. The second kappa shape index (κ2) is 3.71. The van der Waals surface area contributed by atoms with E-state index in [1.165, 1.54) is 0 Å². The average Bonchev–Trinajstić information content (AvgIpc) is 2.84. The largest absolute Gasteiger partial charge is 0.481 e. The summed E-state index contributed by atoms with van der Waals surface area (Å²) < 4.78 is 0. The van der Waals surface area contributed by atoms with Crippen molar-refractivity contribution in [1.82, 2.24) is 4.90 Å². The molecule has 92 valence electrons. The zero-order valence-corrected chi connectivity index (χ0v) is 9.93. The van der Waals surface area contributed by atoms with Crippen LogP contribution in [0.5, 0.6) is 0 Å². The van der Waals surface area contributed by atoms with E-state index in [0.717, 1.165) is 38.6 Å². The minimum Gasteiger partial charge on any atom is -0.481 e. The Labute approximate surface area is 101 Å². The van der Waals surface area contributed by atoms with Crippen molar-refractivity contribution in [2.75, 3.05) is 6.54 Å². The number of fused-ring (bicyclic) bond motifs is 2. The van der Waals surface area contributed by atoms with Gasteiger partial charge in [0, 0.05) is 25.0 Å². The minimum atomic E-state index is -0.632. The highest BCUT2D eigenvalue weighted by Gasteiger charge is 2.53. The van der Waals surface area contributed by atoms with E-state index in [0.29, 0.717) is 12.5 Å². The van der Waals surface area contributed by atoms with E-state index in [4.69, 9.17) is 5.26 Å². The molecule has 2 aliphatic heterocycles. The molecule has 0 aromatic carbocycles. The molecule has 2 heterocycles. The van der Waals surface area contributed by atoms with Crippen molar-refractivity contribution in [3.8, 4) is 6.07 Å². The fourth-order valence-corrected chi connectivity index (χ4v) is 3.74. The SMILES string of the molecule is N#CCC1(CN2C3CCC2C(C(=O)O)C3)CC1. The number of nitriles is 1. The number of hydrogen-bond acceptors (Lipinski definition) is 3. The van der Waals surface area contributed by atoms with Crippen LogP contribution in [0.3, 0.4) is 0 Å². The Morgan fingerprint density at radius 2 is 2.24 bits per heavy atom. The molecule has 2 saturated heterocycles. The van der Waals surface area contributed by atoms with E-state index in [-0.39, 0.29) is 17.4 Å². The van der Waals surface area contributed by atoms with Gasteiger partial charge in [0.1, 0.15) is 0 Å². The number of carboxylic acid groups (broad SMARTS) is 1. The summed E-state index contributed by atoms with van der Waals surface area (Å²) in [6, 6.07) is 3.00. The van der Waals surface area contributed by atoms with Crippen LogP contribution in [-0.2, 0) is 4.79 Å². The fourth-order valence-electron chi connectivity index (χ4n) is 3.74. The van der Waals surface area contributed by atoms with Crippen molar-refractivity contribution in [2.45, 2.75) is 50.6 Å². The molecule has 17 heavy (non-hydrogen) atoms. The van der Waals surface area contributed by atoms with Gasteiger partial charge in [-0.05, 0) is 37.5 Å². The predicted octanol–water partition coefficient (Wildman–Crippen LogP) is 1.62. The Hall–Kier alpha value is -1.08. The van der Waals surface area contributed by atoms with Gasteiger partial charge in [0.25, 0.3) is 0 Å². The highest BCUT2D eigenvalue weighted by molar-refractivity contribution is 5.71. The lowest BCUT2D eigenvalue weighted by Crippen LogP contribution is -2.37. The molecule has 3 unspecified atom stereocenters. The first kappa shape index (κ1) is 11.0. The molecule has 1 N–H and O–H groups in total. The Morgan fingerprint density at radius 3 is 2.76 bits per heavy atom. The van der Waals surface area contributed by atoms with Crippen LogP contribution in [0.25, 0.3) is 0 Å². The number of carboxylic acids is 1. The molecule has 3 fully saturated rings. The third kappa shape index (κ3) is 1.73. The molecule has 0 radical (unpaired) electrons. The Bertz CT molecular complexity index is 383. The van der Waals surface area contributed by atoms with Gasteiger partial charge in [-0.3, -0.25) is 9.69 Å². The van der Waals surface area contributed by atoms with Gasteiger partial charge < -0.3 is 5.11 Å². The molecule has 3 aliphatic rings. The van der Waals surface area contributed by atoms with Crippen molar-refractivity contribution in [3.05, 3.63) is 0 Å². The van der Waals surface area contributed by atoms with Crippen LogP contribution in [0, 0.1) is 22.7 Å². The van der Waals surface area contributed by atoms with E-state index in [1.54, 1.807) is 0 Å². The van der Waals surface area contributed by atoms with E-state index < -0.39 is 5.97 Å². The van der Waals surface area contributed by atoms with Crippen LogP contribution in [-0.4, -0.2) is 34.6 Å². The molecule has 4 nitrogen and oxygen atoms in total. The second-order valence-electron chi connectivity index (χ2n) is 5.99. The molecule has 0 spiro atoms. The molecule has 3 atom stereocenters. The van der Waals surface area contributed by atoms with Crippen LogP contribution < -0.4 is 0 Å². The van der Waals surface area contributed by atoms with Crippen LogP contribution in [0.1, 0.15) is 38.5 Å². The molecule has 0 aromatic heterocycles. The number of nitrogens with zero attached hydrogens (tertiary/aromatic N) is 2. The van der Waals surface area contributed by atoms with Gasteiger partial charge in [-0.15, -0.1) is 0 Å². The Morgan fingerprint density at radius 1 is 1.47 bits per heavy atom. The van der Waals surface area contributed by atoms with Gasteiger partial charge >= 0.3 is 5.97 Å².